The van der Waals surface area contributed by atoms with Crippen molar-refractivity contribution in [2.24, 2.45) is 5.92 Å². The van der Waals surface area contributed by atoms with Gasteiger partial charge < -0.3 is 5.32 Å². The lowest BCUT2D eigenvalue weighted by Gasteiger charge is -2.10. The maximum absolute atomic E-state index is 12.6. The van der Waals surface area contributed by atoms with Crippen molar-refractivity contribution in [2.45, 2.75) is 44.9 Å². The first kappa shape index (κ1) is 21.0. The fourth-order valence-electron chi connectivity index (χ4n) is 4.19. The van der Waals surface area contributed by atoms with Crippen LogP contribution in [0.5, 0.6) is 0 Å². The summed E-state index contributed by atoms with van der Waals surface area (Å²) in [6.07, 6.45) is 17.3. The van der Waals surface area contributed by atoms with Crippen LogP contribution >= 0.6 is 0 Å². The highest BCUT2D eigenvalue weighted by Gasteiger charge is 2.15. The van der Waals surface area contributed by atoms with Gasteiger partial charge in [-0.05, 0) is 48.2 Å². The topological polar surface area (TPSA) is 54.9 Å². The van der Waals surface area contributed by atoms with Gasteiger partial charge in [-0.1, -0.05) is 62.4 Å². The van der Waals surface area contributed by atoms with Crippen LogP contribution in [0, 0.1) is 5.92 Å². The average molecular weight is 412 g/mol. The summed E-state index contributed by atoms with van der Waals surface area (Å²) in [6, 6.07) is 16.0. The molecule has 0 aliphatic heterocycles. The summed E-state index contributed by atoms with van der Waals surface area (Å²) in [7, 11) is 0. The number of anilines is 2. The van der Waals surface area contributed by atoms with E-state index in [2.05, 4.69) is 15.3 Å². The van der Waals surface area contributed by atoms with Gasteiger partial charge in [-0.2, -0.15) is 0 Å². The maximum atomic E-state index is 12.6. The Balaban J connectivity index is 1.31. The number of carbonyl (C=O) groups excluding carboxylic acids is 1. The van der Waals surface area contributed by atoms with E-state index in [4.69, 9.17) is 0 Å². The van der Waals surface area contributed by atoms with Crippen LogP contribution in [-0.2, 0) is 0 Å². The van der Waals surface area contributed by atoms with Gasteiger partial charge in [0.25, 0.3) is 0 Å². The average Bonchev–Trinajstić information content (AvgIpc) is 3.33. The smallest absolute Gasteiger partial charge is 0.162 e. The molecule has 1 aromatic heterocycles. The van der Waals surface area contributed by atoms with Crippen LogP contribution in [0.15, 0.2) is 67.1 Å². The molecule has 4 rings (SSSR count). The molecule has 0 bridgehead atoms. The number of carbonyl (C=O) groups is 1. The van der Waals surface area contributed by atoms with Crippen molar-refractivity contribution in [3.05, 3.63) is 83.9 Å². The van der Waals surface area contributed by atoms with Gasteiger partial charge in [0.15, 0.2) is 5.78 Å². The number of aromatic nitrogens is 2. The summed E-state index contributed by atoms with van der Waals surface area (Å²) in [5, 5.41) is 3.40. The molecule has 0 radical (unpaired) electrons. The van der Waals surface area contributed by atoms with Crippen molar-refractivity contribution in [1.82, 2.24) is 9.97 Å². The molecule has 1 aliphatic carbocycles. The van der Waals surface area contributed by atoms with Crippen molar-refractivity contribution < 1.29 is 4.79 Å². The molecule has 4 nitrogen and oxygen atoms in total. The Kier molecular flexibility index (Phi) is 7.22. The van der Waals surface area contributed by atoms with E-state index in [9.17, 15) is 4.79 Å². The molecular formula is C27H29N3O. The first-order chi connectivity index (χ1) is 15.3. The Hall–Kier alpha value is -3.27. The van der Waals surface area contributed by atoms with Gasteiger partial charge in [-0.15, -0.1) is 0 Å². The third kappa shape index (κ3) is 6.35. The highest BCUT2D eigenvalue weighted by Crippen LogP contribution is 2.29. The minimum absolute atomic E-state index is 0.242. The van der Waals surface area contributed by atoms with Crippen LogP contribution < -0.4 is 5.32 Å². The number of Topliss-reactive ketones (excluding diaryl/α,β-unsaturated/α-hetero) is 1. The molecular weight excluding hydrogens is 382 g/mol. The number of hydrogen-bond donors (Lipinski definition) is 1. The monoisotopic (exact) mass is 411 g/mol. The van der Waals surface area contributed by atoms with Gasteiger partial charge in [0.1, 0.15) is 0 Å². The van der Waals surface area contributed by atoms with Crippen LogP contribution in [0.4, 0.5) is 11.4 Å². The number of benzene rings is 2. The van der Waals surface area contributed by atoms with Gasteiger partial charge in [-0.25, -0.2) is 0 Å². The van der Waals surface area contributed by atoms with Crippen molar-refractivity contribution in [3.63, 3.8) is 0 Å². The molecule has 2 aromatic carbocycles. The fourth-order valence-corrected chi connectivity index (χ4v) is 4.19. The van der Waals surface area contributed by atoms with Crippen LogP contribution in [0.25, 0.3) is 12.2 Å². The van der Waals surface area contributed by atoms with Gasteiger partial charge in [0, 0.05) is 35.8 Å². The number of rotatable bonds is 9. The largest absolute Gasteiger partial charge is 0.356 e. The molecule has 1 fully saturated rings. The fraction of sp³-hybridized carbons (Fsp3) is 0.296. The summed E-state index contributed by atoms with van der Waals surface area (Å²) >= 11 is 0. The predicted octanol–water partition coefficient (Wildman–Crippen LogP) is 6.93. The van der Waals surface area contributed by atoms with Crippen LogP contribution in [-0.4, -0.2) is 15.8 Å². The van der Waals surface area contributed by atoms with E-state index in [0.29, 0.717) is 6.42 Å². The van der Waals surface area contributed by atoms with Crippen LogP contribution in [0.2, 0.25) is 0 Å². The Morgan fingerprint density at radius 1 is 1.00 bits per heavy atom. The lowest BCUT2D eigenvalue weighted by Crippen LogP contribution is -2.02. The van der Waals surface area contributed by atoms with E-state index < -0.39 is 0 Å². The molecule has 1 N–H and O–H groups in total. The number of hydrogen-bond acceptors (Lipinski definition) is 4. The van der Waals surface area contributed by atoms with Crippen LogP contribution in [0.3, 0.4) is 0 Å². The molecule has 31 heavy (non-hydrogen) atoms. The van der Waals surface area contributed by atoms with E-state index in [1.54, 1.807) is 18.6 Å². The van der Waals surface area contributed by atoms with E-state index in [1.165, 1.54) is 32.1 Å². The second-order valence-electron chi connectivity index (χ2n) is 8.26. The summed E-state index contributed by atoms with van der Waals surface area (Å²) in [4.78, 5) is 20.9. The molecule has 0 atom stereocenters. The van der Waals surface area contributed by atoms with Crippen molar-refractivity contribution in [2.75, 3.05) is 5.32 Å². The van der Waals surface area contributed by atoms with Gasteiger partial charge in [-0.3, -0.25) is 14.8 Å². The number of nitrogens with zero attached hydrogens (tertiary/aromatic N) is 2. The zero-order valence-corrected chi connectivity index (χ0v) is 17.8. The Labute approximate surface area is 184 Å². The predicted molar refractivity (Wildman–Crippen MR) is 127 cm³/mol. The van der Waals surface area contributed by atoms with Crippen molar-refractivity contribution >= 4 is 29.3 Å². The zero-order valence-electron chi connectivity index (χ0n) is 17.8. The first-order valence-electron chi connectivity index (χ1n) is 11.2. The normalized spacial score (nSPS) is 14.2. The second-order valence-corrected chi connectivity index (χ2v) is 8.26. The first-order valence-corrected chi connectivity index (χ1v) is 11.2. The van der Waals surface area contributed by atoms with Gasteiger partial charge in [0.05, 0.1) is 11.9 Å². The molecule has 3 aromatic rings. The van der Waals surface area contributed by atoms with Gasteiger partial charge in [0.2, 0.25) is 0 Å². The third-order valence-electron chi connectivity index (χ3n) is 5.90. The summed E-state index contributed by atoms with van der Waals surface area (Å²) in [5.74, 6) is 1.09. The number of nitrogens with one attached hydrogen (secondary N) is 1. The zero-order chi connectivity index (χ0) is 21.3. The lowest BCUT2D eigenvalue weighted by atomic mass is 9.98. The van der Waals surface area contributed by atoms with E-state index in [-0.39, 0.29) is 5.78 Å². The van der Waals surface area contributed by atoms with Crippen molar-refractivity contribution in [1.29, 1.82) is 0 Å². The number of ketones is 1. The van der Waals surface area contributed by atoms with E-state index in [0.717, 1.165) is 40.5 Å². The van der Waals surface area contributed by atoms with E-state index in [1.807, 2.05) is 60.7 Å². The van der Waals surface area contributed by atoms with Crippen molar-refractivity contribution in [3.8, 4) is 0 Å². The van der Waals surface area contributed by atoms with Crippen LogP contribution in [0.1, 0.15) is 66.6 Å². The quantitative estimate of drug-likeness (QED) is 0.388. The molecule has 158 valence electrons. The minimum Gasteiger partial charge on any atom is -0.356 e. The third-order valence-corrected chi connectivity index (χ3v) is 5.90. The summed E-state index contributed by atoms with van der Waals surface area (Å²) in [6.45, 7) is 0. The molecule has 4 heteroatoms. The minimum atomic E-state index is 0.242. The van der Waals surface area contributed by atoms with E-state index >= 15 is 0 Å². The highest BCUT2D eigenvalue weighted by molar-refractivity contribution is 5.97. The Morgan fingerprint density at radius 3 is 2.61 bits per heavy atom. The Morgan fingerprint density at radius 2 is 1.84 bits per heavy atom. The molecule has 0 spiro atoms. The molecule has 1 heterocycles. The lowest BCUT2D eigenvalue weighted by molar-refractivity contribution is 0.0977. The molecule has 1 saturated carbocycles. The molecule has 0 saturated heterocycles. The standard InChI is InChI=1S/C27H29N3O/c31-27(10-3-7-21-5-1-2-6-21)23-8-4-9-25(19-23)30-24-14-11-22(12-15-24)13-16-26-20-28-17-18-29-26/h4,8-9,11-21,30H,1-3,5-7,10H2/b16-13+. The molecule has 0 amide bonds. The maximum Gasteiger partial charge on any atom is 0.162 e. The Bertz CT molecular complexity index is 1010. The van der Waals surface area contributed by atoms with Gasteiger partial charge >= 0.3 is 0 Å². The summed E-state index contributed by atoms with van der Waals surface area (Å²) in [5.41, 5.74) is 4.63. The second kappa shape index (κ2) is 10.7. The SMILES string of the molecule is O=C(CCCC1CCCC1)c1cccc(Nc2ccc(/C=C/c3cnccn3)cc2)c1. The molecule has 0 unspecified atom stereocenters. The molecule has 1 aliphatic rings. The summed E-state index contributed by atoms with van der Waals surface area (Å²) < 4.78 is 0. The highest BCUT2D eigenvalue weighted by atomic mass is 16.1.